The summed E-state index contributed by atoms with van der Waals surface area (Å²) in [6.45, 7) is 2.31. The summed E-state index contributed by atoms with van der Waals surface area (Å²) in [6.07, 6.45) is 9.08. The molecule has 0 radical (unpaired) electrons. The van der Waals surface area contributed by atoms with Crippen molar-refractivity contribution in [3.8, 4) is 11.1 Å². The first kappa shape index (κ1) is 16.4. The third-order valence-corrected chi connectivity index (χ3v) is 4.83. The quantitative estimate of drug-likeness (QED) is 0.490. The van der Waals surface area contributed by atoms with Crippen LogP contribution in [0.15, 0.2) is 78.2 Å². The van der Waals surface area contributed by atoms with E-state index in [0.717, 1.165) is 27.9 Å². The summed E-state index contributed by atoms with van der Waals surface area (Å²) in [4.78, 5) is 26.3. The van der Waals surface area contributed by atoms with Gasteiger partial charge in [0.2, 0.25) is 5.78 Å². The van der Waals surface area contributed by atoms with Crippen LogP contribution in [-0.4, -0.2) is 23.9 Å². The normalized spacial score (nSPS) is 11.3. The minimum absolute atomic E-state index is 0.0797. The van der Waals surface area contributed by atoms with E-state index in [9.17, 15) is 4.79 Å². The standard InChI is InChI=1S/C22H17N5O/c1-15-7-9-27-14-17(25-22(27)24-15)13-26-10-8-18-19(16-5-3-2-4-6-16)11-23-12-20(18)21(26)28/h2-12,14H,13H2,1H3. The van der Waals surface area contributed by atoms with E-state index in [-0.39, 0.29) is 5.56 Å². The molecule has 0 amide bonds. The highest BCUT2D eigenvalue weighted by molar-refractivity contribution is 5.95. The molecule has 0 bridgehead atoms. The van der Waals surface area contributed by atoms with Crippen molar-refractivity contribution in [2.24, 2.45) is 0 Å². The van der Waals surface area contributed by atoms with Crippen molar-refractivity contribution in [1.82, 2.24) is 23.9 Å². The van der Waals surface area contributed by atoms with Crippen LogP contribution in [0.3, 0.4) is 0 Å². The van der Waals surface area contributed by atoms with Crippen LogP contribution in [-0.2, 0) is 6.54 Å². The summed E-state index contributed by atoms with van der Waals surface area (Å²) < 4.78 is 3.52. The van der Waals surface area contributed by atoms with Crippen molar-refractivity contribution in [2.45, 2.75) is 13.5 Å². The third kappa shape index (κ3) is 2.75. The van der Waals surface area contributed by atoms with Gasteiger partial charge in [-0.15, -0.1) is 0 Å². The molecule has 0 aliphatic rings. The van der Waals surface area contributed by atoms with E-state index in [1.807, 2.05) is 72.4 Å². The number of nitrogens with zero attached hydrogens (tertiary/aromatic N) is 5. The molecule has 5 rings (SSSR count). The summed E-state index contributed by atoms with van der Waals surface area (Å²) in [7, 11) is 0. The van der Waals surface area contributed by atoms with Gasteiger partial charge in [-0.25, -0.2) is 9.97 Å². The van der Waals surface area contributed by atoms with Crippen molar-refractivity contribution < 1.29 is 0 Å². The second kappa shape index (κ2) is 6.42. The molecule has 28 heavy (non-hydrogen) atoms. The molecule has 4 aromatic heterocycles. The molecule has 5 aromatic rings. The lowest BCUT2D eigenvalue weighted by Crippen LogP contribution is -2.20. The van der Waals surface area contributed by atoms with E-state index in [4.69, 9.17) is 0 Å². The van der Waals surface area contributed by atoms with Crippen molar-refractivity contribution in [2.75, 3.05) is 0 Å². The Morgan fingerprint density at radius 2 is 1.79 bits per heavy atom. The molecule has 6 heteroatoms. The van der Waals surface area contributed by atoms with Crippen molar-refractivity contribution in [3.63, 3.8) is 0 Å². The first-order valence-electron chi connectivity index (χ1n) is 9.03. The number of fused-ring (bicyclic) bond motifs is 2. The summed E-state index contributed by atoms with van der Waals surface area (Å²) >= 11 is 0. The zero-order chi connectivity index (χ0) is 19.1. The monoisotopic (exact) mass is 367 g/mol. The van der Waals surface area contributed by atoms with Crippen molar-refractivity contribution >= 4 is 16.6 Å². The molecule has 0 saturated carbocycles. The molecule has 0 aliphatic heterocycles. The molecular formula is C22H17N5O. The van der Waals surface area contributed by atoms with Gasteiger partial charge < -0.3 is 4.57 Å². The maximum absolute atomic E-state index is 13.1. The van der Waals surface area contributed by atoms with Crippen LogP contribution in [0.5, 0.6) is 0 Å². The predicted molar refractivity (Wildman–Crippen MR) is 108 cm³/mol. The Morgan fingerprint density at radius 3 is 2.64 bits per heavy atom. The van der Waals surface area contributed by atoms with Crippen LogP contribution >= 0.6 is 0 Å². The minimum atomic E-state index is -0.0797. The summed E-state index contributed by atoms with van der Waals surface area (Å²) in [5.74, 6) is 0.636. The highest BCUT2D eigenvalue weighted by atomic mass is 16.1. The number of benzene rings is 1. The number of rotatable bonds is 3. The zero-order valence-electron chi connectivity index (χ0n) is 15.3. The third-order valence-electron chi connectivity index (χ3n) is 4.83. The van der Waals surface area contributed by atoms with Gasteiger partial charge in [0.1, 0.15) is 0 Å². The summed E-state index contributed by atoms with van der Waals surface area (Å²) in [5.41, 5.74) is 3.61. The number of aromatic nitrogens is 5. The number of hydrogen-bond donors (Lipinski definition) is 0. The molecule has 0 unspecified atom stereocenters. The van der Waals surface area contributed by atoms with E-state index in [0.29, 0.717) is 17.7 Å². The Morgan fingerprint density at radius 1 is 0.929 bits per heavy atom. The smallest absolute Gasteiger partial charge is 0.260 e. The Balaban J connectivity index is 1.59. The van der Waals surface area contributed by atoms with E-state index >= 15 is 0 Å². The maximum atomic E-state index is 13.1. The fourth-order valence-electron chi connectivity index (χ4n) is 3.44. The first-order valence-corrected chi connectivity index (χ1v) is 9.03. The van der Waals surface area contributed by atoms with Crippen LogP contribution in [0.2, 0.25) is 0 Å². The van der Waals surface area contributed by atoms with E-state index in [1.54, 1.807) is 17.0 Å². The lowest BCUT2D eigenvalue weighted by Gasteiger charge is -2.09. The molecule has 136 valence electrons. The number of aryl methyl sites for hydroxylation is 1. The summed E-state index contributed by atoms with van der Waals surface area (Å²) in [6, 6.07) is 13.9. The maximum Gasteiger partial charge on any atom is 0.260 e. The Bertz CT molecular complexity index is 1370. The second-order valence-electron chi connectivity index (χ2n) is 6.77. The lowest BCUT2D eigenvalue weighted by atomic mass is 10.0. The number of imidazole rings is 1. The highest BCUT2D eigenvalue weighted by Gasteiger charge is 2.10. The molecule has 0 aliphatic carbocycles. The fourth-order valence-corrected chi connectivity index (χ4v) is 3.44. The summed E-state index contributed by atoms with van der Waals surface area (Å²) in [5, 5.41) is 1.50. The zero-order valence-corrected chi connectivity index (χ0v) is 15.3. The van der Waals surface area contributed by atoms with Crippen LogP contribution in [0.25, 0.3) is 27.7 Å². The van der Waals surface area contributed by atoms with Crippen molar-refractivity contribution in [3.05, 3.63) is 95.2 Å². The largest absolute Gasteiger partial charge is 0.309 e. The van der Waals surface area contributed by atoms with Gasteiger partial charge in [-0.1, -0.05) is 30.3 Å². The molecule has 0 N–H and O–H groups in total. The average molecular weight is 367 g/mol. The van der Waals surface area contributed by atoms with E-state index < -0.39 is 0 Å². The Hall–Kier alpha value is -3.80. The molecule has 0 saturated heterocycles. The van der Waals surface area contributed by atoms with Crippen LogP contribution < -0.4 is 5.56 Å². The van der Waals surface area contributed by atoms with Crippen LogP contribution in [0, 0.1) is 6.92 Å². The van der Waals surface area contributed by atoms with Gasteiger partial charge in [-0.05, 0) is 30.0 Å². The fraction of sp³-hybridized carbons (Fsp3) is 0.0909. The molecule has 4 heterocycles. The molecule has 0 atom stereocenters. The number of pyridine rings is 2. The van der Waals surface area contributed by atoms with E-state index in [1.165, 1.54) is 0 Å². The van der Waals surface area contributed by atoms with Gasteiger partial charge in [-0.2, -0.15) is 0 Å². The Labute approximate surface area is 160 Å². The molecule has 0 fully saturated rings. The first-order chi connectivity index (χ1) is 13.7. The van der Waals surface area contributed by atoms with Gasteiger partial charge in [-0.3, -0.25) is 14.2 Å². The highest BCUT2D eigenvalue weighted by Crippen LogP contribution is 2.25. The molecular weight excluding hydrogens is 350 g/mol. The topological polar surface area (TPSA) is 65.1 Å². The van der Waals surface area contributed by atoms with Gasteiger partial charge in [0.25, 0.3) is 5.56 Å². The SMILES string of the molecule is Cc1ccn2cc(Cn3ccc4c(-c5ccccc5)cncc4c3=O)nc2n1. The van der Waals surface area contributed by atoms with Gasteiger partial charge in [0.15, 0.2) is 0 Å². The number of hydrogen-bond acceptors (Lipinski definition) is 4. The van der Waals surface area contributed by atoms with Crippen molar-refractivity contribution in [1.29, 1.82) is 0 Å². The van der Waals surface area contributed by atoms with E-state index in [2.05, 4.69) is 15.0 Å². The minimum Gasteiger partial charge on any atom is -0.309 e. The predicted octanol–water partition coefficient (Wildman–Crippen LogP) is 3.46. The van der Waals surface area contributed by atoms with Gasteiger partial charge in [0.05, 0.1) is 17.6 Å². The lowest BCUT2D eigenvalue weighted by molar-refractivity contribution is 0.751. The van der Waals surface area contributed by atoms with Gasteiger partial charge >= 0.3 is 0 Å². The molecule has 0 spiro atoms. The van der Waals surface area contributed by atoms with Gasteiger partial charge in [0, 0.05) is 42.2 Å². The molecule has 1 aromatic carbocycles. The average Bonchev–Trinajstić information content (AvgIpc) is 3.12. The molecule has 6 nitrogen and oxygen atoms in total. The van der Waals surface area contributed by atoms with Crippen LogP contribution in [0.4, 0.5) is 0 Å². The Kier molecular flexibility index (Phi) is 3.76. The second-order valence-corrected chi connectivity index (χ2v) is 6.77. The van der Waals surface area contributed by atoms with Crippen LogP contribution in [0.1, 0.15) is 11.4 Å².